The molecular formula is C15H17FN4O. The zero-order valence-corrected chi connectivity index (χ0v) is 11.7. The topological polar surface area (TPSA) is 45.4 Å². The SMILES string of the molecule is [18F]c1ccc(-c2nnc(N3CCN4CCC3CC4)o2)cc1. The number of halogens is 1. The molecule has 0 aliphatic carbocycles. The quantitative estimate of drug-likeness (QED) is 0.847. The van der Waals surface area contributed by atoms with Gasteiger partial charge in [-0.05, 0) is 37.1 Å². The Labute approximate surface area is 122 Å². The van der Waals surface area contributed by atoms with Gasteiger partial charge in [-0.25, -0.2) is 4.39 Å². The number of anilines is 1. The molecule has 1 aromatic heterocycles. The zero-order valence-electron chi connectivity index (χ0n) is 11.7. The maximum Gasteiger partial charge on any atom is 0.318 e. The average Bonchev–Trinajstić information content (AvgIpc) is 2.81. The Bertz CT molecular complexity index is 619. The van der Waals surface area contributed by atoms with Crippen molar-refractivity contribution in [3.63, 3.8) is 0 Å². The van der Waals surface area contributed by atoms with Gasteiger partial charge in [0, 0.05) is 37.8 Å². The van der Waals surface area contributed by atoms with Gasteiger partial charge < -0.3 is 14.2 Å². The fraction of sp³-hybridized carbons (Fsp3) is 0.467. The van der Waals surface area contributed by atoms with Crippen molar-refractivity contribution in [2.75, 3.05) is 31.1 Å². The summed E-state index contributed by atoms with van der Waals surface area (Å²) in [7, 11) is 0. The molecule has 3 fully saturated rings. The molecule has 3 aliphatic rings. The molecule has 6 heteroatoms. The maximum absolute atomic E-state index is 13.0. The van der Waals surface area contributed by atoms with Gasteiger partial charge in [0.2, 0.25) is 5.89 Å². The lowest BCUT2D eigenvalue weighted by molar-refractivity contribution is 0.249. The first-order chi connectivity index (χ1) is 10.3. The predicted molar refractivity (Wildman–Crippen MR) is 76.5 cm³/mol. The summed E-state index contributed by atoms with van der Waals surface area (Å²) in [5.41, 5.74) is 0.748. The van der Waals surface area contributed by atoms with E-state index in [9.17, 15) is 4.39 Å². The van der Waals surface area contributed by atoms with Gasteiger partial charge in [0.05, 0.1) is 0 Å². The van der Waals surface area contributed by atoms with Crippen molar-refractivity contribution in [1.29, 1.82) is 0 Å². The lowest BCUT2D eigenvalue weighted by Crippen LogP contribution is -2.38. The second-order valence-corrected chi connectivity index (χ2v) is 5.66. The van der Waals surface area contributed by atoms with Crippen molar-refractivity contribution < 1.29 is 8.81 Å². The zero-order chi connectivity index (χ0) is 14.2. The van der Waals surface area contributed by atoms with Crippen molar-refractivity contribution in [3.8, 4) is 11.5 Å². The highest BCUT2D eigenvalue weighted by Gasteiger charge is 2.31. The molecule has 4 heterocycles. The summed E-state index contributed by atoms with van der Waals surface area (Å²) in [4.78, 5) is 4.71. The highest BCUT2D eigenvalue weighted by atomic mass is 18.2. The normalized spacial score (nSPS) is 25.1. The Balaban J connectivity index is 1.60. The number of rotatable bonds is 2. The van der Waals surface area contributed by atoms with Crippen molar-refractivity contribution >= 4 is 6.01 Å². The van der Waals surface area contributed by atoms with Gasteiger partial charge in [-0.3, -0.25) is 0 Å². The summed E-state index contributed by atoms with van der Waals surface area (Å²) in [6, 6.07) is 7.20. The highest BCUT2D eigenvalue weighted by Crippen LogP contribution is 2.28. The molecule has 110 valence electrons. The summed E-state index contributed by atoms with van der Waals surface area (Å²) >= 11 is 0. The van der Waals surface area contributed by atoms with Crippen LogP contribution in [0.1, 0.15) is 12.8 Å². The highest BCUT2D eigenvalue weighted by molar-refractivity contribution is 5.53. The number of hydrogen-bond donors (Lipinski definition) is 0. The fourth-order valence-corrected chi connectivity index (χ4v) is 3.18. The van der Waals surface area contributed by atoms with Crippen LogP contribution in [0.25, 0.3) is 11.5 Å². The van der Waals surface area contributed by atoms with Crippen LogP contribution < -0.4 is 4.90 Å². The molecule has 0 unspecified atom stereocenters. The van der Waals surface area contributed by atoms with Gasteiger partial charge >= 0.3 is 6.01 Å². The molecule has 0 radical (unpaired) electrons. The Kier molecular flexibility index (Phi) is 3.11. The second-order valence-electron chi connectivity index (χ2n) is 5.66. The molecule has 3 aliphatic heterocycles. The van der Waals surface area contributed by atoms with E-state index < -0.39 is 0 Å². The van der Waals surface area contributed by atoms with Crippen LogP contribution in [0.5, 0.6) is 0 Å². The molecule has 0 spiro atoms. The van der Waals surface area contributed by atoms with Gasteiger partial charge in [0.25, 0.3) is 0 Å². The lowest BCUT2D eigenvalue weighted by Gasteiger charge is -2.29. The van der Waals surface area contributed by atoms with E-state index in [-0.39, 0.29) is 5.82 Å². The van der Waals surface area contributed by atoms with Crippen LogP contribution in [0.2, 0.25) is 0 Å². The molecule has 1 aromatic carbocycles. The van der Waals surface area contributed by atoms with Gasteiger partial charge in [-0.15, -0.1) is 5.10 Å². The molecule has 21 heavy (non-hydrogen) atoms. The van der Waals surface area contributed by atoms with Crippen molar-refractivity contribution in [2.24, 2.45) is 0 Å². The Morgan fingerprint density at radius 2 is 1.76 bits per heavy atom. The molecule has 0 N–H and O–H groups in total. The first-order valence-electron chi connectivity index (χ1n) is 7.38. The standard InChI is InChI=1S/C15H17FN4O/c16-12-3-1-11(2-4-12)14-17-18-15(21-14)20-10-9-19-7-5-13(20)6-8-19/h1-4,13H,5-10H2/i16-1. The smallest absolute Gasteiger partial charge is 0.318 e. The molecule has 5 nitrogen and oxygen atoms in total. The third-order valence-corrected chi connectivity index (χ3v) is 4.41. The van der Waals surface area contributed by atoms with Gasteiger partial charge in [-0.1, -0.05) is 5.10 Å². The van der Waals surface area contributed by atoms with Crippen LogP contribution >= 0.6 is 0 Å². The van der Waals surface area contributed by atoms with Gasteiger partial charge in [0.1, 0.15) is 5.82 Å². The van der Waals surface area contributed by atoms with Crippen molar-refractivity contribution in [2.45, 2.75) is 18.9 Å². The first kappa shape index (κ1) is 12.8. The summed E-state index contributed by atoms with van der Waals surface area (Å²) < 4.78 is 18.8. The minimum Gasteiger partial charge on any atom is -0.403 e. The molecule has 2 aromatic rings. The molecule has 0 amide bonds. The van der Waals surface area contributed by atoms with Crippen LogP contribution in [-0.4, -0.2) is 47.3 Å². The van der Waals surface area contributed by atoms with Crippen LogP contribution in [-0.2, 0) is 0 Å². The Morgan fingerprint density at radius 3 is 2.52 bits per heavy atom. The minimum absolute atomic E-state index is 0.267. The summed E-state index contributed by atoms with van der Waals surface area (Å²) in [6.07, 6.45) is 2.29. The summed E-state index contributed by atoms with van der Waals surface area (Å²) in [6.45, 7) is 4.28. The van der Waals surface area contributed by atoms with Crippen LogP contribution in [0, 0.1) is 5.82 Å². The molecule has 0 atom stereocenters. The second kappa shape index (κ2) is 5.11. The van der Waals surface area contributed by atoms with E-state index in [2.05, 4.69) is 20.0 Å². The number of piperidine rings is 1. The van der Waals surface area contributed by atoms with E-state index in [1.165, 1.54) is 12.1 Å². The number of aromatic nitrogens is 2. The predicted octanol–water partition coefficient (Wildman–Crippen LogP) is 2.16. The number of fused-ring (bicyclic) bond motifs is 4. The van der Waals surface area contributed by atoms with E-state index in [0.717, 1.165) is 44.6 Å². The molecule has 3 saturated heterocycles. The first-order valence-corrected chi connectivity index (χ1v) is 7.38. The lowest BCUT2D eigenvalue weighted by atomic mass is 10.1. The third kappa shape index (κ3) is 2.40. The van der Waals surface area contributed by atoms with E-state index >= 15 is 0 Å². The monoisotopic (exact) mass is 287 g/mol. The van der Waals surface area contributed by atoms with Gasteiger partial charge in [-0.2, -0.15) is 0 Å². The van der Waals surface area contributed by atoms with Crippen LogP contribution in [0.4, 0.5) is 10.4 Å². The number of nitrogens with zero attached hydrogens (tertiary/aromatic N) is 4. The minimum atomic E-state index is -0.267. The maximum atomic E-state index is 13.0. The summed E-state index contributed by atoms with van der Waals surface area (Å²) in [5.74, 6) is 0.182. The Hall–Kier alpha value is -1.95. The van der Waals surface area contributed by atoms with E-state index in [0.29, 0.717) is 17.9 Å². The van der Waals surface area contributed by atoms with E-state index in [1.54, 1.807) is 12.1 Å². The van der Waals surface area contributed by atoms with Crippen molar-refractivity contribution in [3.05, 3.63) is 30.1 Å². The Morgan fingerprint density at radius 1 is 1.00 bits per heavy atom. The van der Waals surface area contributed by atoms with Crippen LogP contribution in [0.15, 0.2) is 28.7 Å². The number of hydrogen-bond acceptors (Lipinski definition) is 5. The molecular weight excluding hydrogens is 270 g/mol. The molecule has 0 saturated carbocycles. The molecule has 5 rings (SSSR count). The fourth-order valence-electron chi connectivity index (χ4n) is 3.18. The average molecular weight is 287 g/mol. The molecule has 2 bridgehead atoms. The van der Waals surface area contributed by atoms with Crippen LogP contribution in [0.3, 0.4) is 0 Å². The number of benzene rings is 1. The van der Waals surface area contributed by atoms with Crippen molar-refractivity contribution in [1.82, 2.24) is 15.1 Å². The largest absolute Gasteiger partial charge is 0.403 e. The van der Waals surface area contributed by atoms with Gasteiger partial charge in [0.15, 0.2) is 0 Å². The van der Waals surface area contributed by atoms with E-state index in [1.807, 2.05) is 0 Å². The van der Waals surface area contributed by atoms with E-state index in [4.69, 9.17) is 4.42 Å². The third-order valence-electron chi connectivity index (χ3n) is 4.41. The summed E-state index contributed by atoms with van der Waals surface area (Å²) in [5, 5.41) is 8.30.